The van der Waals surface area contributed by atoms with Crippen molar-refractivity contribution in [1.29, 1.82) is 0 Å². The summed E-state index contributed by atoms with van der Waals surface area (Å²) in [7, 11) is 1.67. The van der Waals surface area contributed by atoms with Crippen molar-refractivity contribution in [3.05, 3.63) is 35.4 Å². The van der Waals surface area contributed by atoms with E-state index in [0.29, 0.717) is 13.2 Å². The Morgan fingerprint density at radius 1 is 1.32 bits per heavy atom. The molecule has 1 aromatic rings. The minimum atomic E-state index is -0.543. The molecule has 0 aromatic heterocycles. The second-order valence-corrected chi connectivity index (χ2v) is 5.09. The van der Waals surface area contributed by atoms with E-state index in [0.717, 1.165) is 17.7 Å². The zero-order valence-corrected chi connectivity index (χ0v) is 12.2. The average molecular weight is 264 g/mol. The summed E-state index contributed by atoms with van der Waals surface area (Å²) in [5, 5.41) is 6.11. The van der Waals surface area contributed by atoms with Crippen LogP contribution in [0.15, 0.2) is 24.3 Å². The number of methoxy groups -OCH3 is 1. The molecule has 1 amide bonds. The van der Waals surface area contributed by atoms with Gasteiger partial charge in [-0.3, -0.25) is 4.79 Å². The van der Waals surface area contributed by atoms with Crippen LogP contribution in [0.4, 0.5) is 0 Å². The van der Waals surface area contributed by atoms with Gasteiger partial charge in [-0.25, -0.2) is 0 Å². The van der Waals surface area contributed by atoms with E-state index in [-0.39, 0.29) is 5.91 Å². The number of nitrogens with one attached hydrogen (secondary N) is 2. The van der Waals surface area contributed by atoms with Gasteiger partial charge in [0.1, 0.15) is 0 Å². The first-order chi connectivity index (χ1) is 8.99. The van der Waals surface area contributed by atoms with Crippen molar-refractivity contribution in [3.63, 3.8) is 0 Å². The summed E-state index contributed by atoms with van der Waals surface area (Å²) in [6.07, 6.45) is 0. The van der Waals surface area contributed by atoms with Crippen molar-refractivity contribution in [1.82, 2.24) is 10.6 Å². The summed E-state index contributed by atoms with van der Waals surface area (Å²) in [6, 6.07) is 8.03. The number of carbonyl (C=O) groups is 1. The Bertz CT molecular complexity index is 416. The molecule has 0 aliphatic heterocycles. The Labute approximate surface area is 115 Å². The van der Waals surface area contributed by atoms with E-state index in [2.05, 4.69) is 10.6 Å². The molecule has 0 radical (unpaired) electrons. The van der Waals surface area contributed by atoms with E-state index in [1.807, 2.05) is 45.0 Å². The molecule has 106 valence electrons. The van der Waals surface area contributed by atoms with Crippen LogP contribution < -0.4 is 10.6 Å². The minimum absolute atomic E-state index is 0.00601. The second-order valence-electron chi connectivity index (χ2n) is 5.09. The Hall–Kier alpha value is -1.39. The van der Waals surface area contributed by atoms with Gasteiger partial charge in [-0.05, 0) is 31.5 Å². The number of ether oxygens (including phenoxy) is 1. The van der Waals surface area contributed by atoms with Gasteiger partial charge < -0.3 is 15.4 Å². The summed E-state index contributed by atoms with van der Waals surface area (Å²) in [6.45, 7) is 7.64. The van der Waals surface area contributed by atoms with Crippen molar-refractivity contribution in [2.24, 2.45) is 0 Å². The van der Waals surface area contributed by atoms with Crippen molar-refractivity contribution in [2.75, 3.05) is 13.7 Å². The first-order valence-corrected chi connectivity index (χ1v) is 6.59. The predicted octanol–water partition coefficient (Wildman–Crippen LogP) is 1.84. The highest BCUT2D eigenvalue weighted by molar-refractivity contribution is 5.85. The molecule has 0 saturated carbocycles. The molecule has 0 aliphatic rings. The Kier molecular flexibility index (Phi) is 5.99. The van der Waals surface area contributed by atoms with E-state index in [9.17, 15) is 4.79 Å². The summed E-state index contributed by atoms with van der Waals surface area (Å²) in [4.78, 5) is 12.0. The molecule has 4 nitrogen and oxygen atoms in total. The van der Waals surface area contributed by atoms with Crippen LogP contribution in [0.3, 0.4) is 0 Å². The molecule has 0 spiro atoms. The second kappa shape index (κ2) is 7.26. The van der Waals surface area contributed by atoms with Crippen LogP contribution in [0.5, 0.6) is 0 Å². The minimum Gasteiger partial charge on any atom is -0.380 e. The lowest BCUT2D eigenvalue weighted by molar-refractivity contribution is -0.126. The molecule has 2 N–H and O–H groups in total. The van der Waals surface area contributed by atoms with Crippen LogP contribution in [0, 0.1) is 0 Å². The van der Waals surface area contributed by atoms with Gasteiger partial charge in [0.25, 0.3) is 0 Å². The molecule has 0 aliphatic carbocycles. The zero-order valence-electron chi connectivity index (χ0n) is 12.2. The van der Waals surface area contributed by atoms with Crippen LogP contribution >= 0.6 is 0 Å². The highest BCUT2D eigenvalue weighted by atomic mass is 16.5. The van der Waals surface area contributed by atoms with Gasteiger partial charge in [0.15, 0.2) is 0 Å². The molecule has 0 fully saturated rings. The van der Waals surface area contributed by atoms with E-state index in [1.54, 1.807) is 7.11 Å². The van der Waals surface area contributed by atoms with Gasteiger partial charge in [0.2, 0.25) is 5.91 Å². The van der Waals surface area contributed by atoms with Gasteiger partial charge >= 0.3 is 0 Å². The number of hydrogen-bond acceptors (Lipinski definition) is 3. The Morgan fingerprint density at radius 3 is 2.63 bits per heavy atom. The third-order valence-electron chi connectivity index (χ3n) is 2.94. The van der Waals surface area contributed by atoms with Crippen LogP contribution in [0.25, 0.3) is 0 Å². The van der Waals surface area contributed by atoms with Crippen molar-refractivity contribution in [3.8, 4) is 0 Å². The molecule has 0 bridgehead atoms. The fourth-order valence-corrected chi connectivity index (χ4v) is 1.92. The average Bonchev–Trinajstić information content (AvgIpc) is 2.36. The molecular formula is C15H24N2O2. The van der Waals surface area contributed by atoms with Crippen LogP contribution in [0.1, 0.15) is 31.9 Å². The lowest BCUT2D eigenvalue weighted by atomic mass is 10.0. The first kappa shape index (κ1) is 15.7. The van der Waals surface area contributed by atoms with Crippen molar-refractivity contribution in [2.45, 2.75) is 39.5 Å². The van der Waals surface area contributed by atoms with Crippen LogP contribution in [-0.4, -0.2) is 25.1 Å². The molecule has 0 atom stereocenters. The smallest absolute Gasteiger partial charge is 0.239 e. The fraction of sp³-hybridized carbons (Fsp3) is 0.533. The third kappa shape index (κ3) is 5.01. The maximum Gasteiger partial charge on any atom is 0.239 e. The van der Waals surface area contributed by atoms with Crippen molar-refractivity contribution < 1.29 is 9.53 Å². The number of benzene rings is 1. The number of amides is 1. The maximum absolute atomic E-state index is 12.0. The quantitative estimate of drug-likeness (QED) is 0.790. The third-order valence-corrected chi connectivity index (χ3v) is 2.94. The van der Waals surface area contributed by atoms with Gasteiger partial charge in [-0.1, -0.05) is 31.2 Å². The SMILES string of the molecule is CCNC(C)(C)C(=O)NCc1cccc(COC)c1. The van der Waals surface area contributed by atoms with E-state index in [4.69, 9.17) is 4.74 Å². The van der Waals surface area contributed by atoms with E-state index >= 15 is 0 Å². The number of hydrogen-bond donors (Lipinski definition) is 2. The molecule has 0 unspecified atom stereocenters. The summed E-state index contributed by atoms with van der Waals surface area (Å²) >= 11 is 0. The molecular weight excluding hydrogens is 240 g/mol. The molecule has 1 aromatic carbocycles. The number of likely N-dealkylation sites (N-methyl/N-ethyl adjacent to an activating group) is 1. The van der Waals surface area contributed by atoms with Gasteiger partial charge in [-0.2, -0.15) is 0 Å². The topological polar surface area (TPSA) is 50.4 Å². The number of carbonyl (C=O) groups excluding carboxylic acids is 1. The summed E-state index contributed by atoms with van der Waals surface area (Å²) in [5.41, 5.74) is 1.65. The van der Waals surface area contributed by atoms with Crippen molar-refractivity contribution >= 4 is 5.91 Å². The predicted molar refractivity (Wildman–Crippen MR) is 76.8 cm³/mol. The number of rotatable bonds is 7. The molecule has 0 saturated heterocycles. The van der Waals surface area contributed by atoms with E-state index in [1.165, 1.54) is 0 Å². The Balaban J connectivity index is 2.56. The van der Waals surface area contributed by atoms with Gasteiger partial charge in [-0.15, -0.1) is 0 Å². The summed E-state index contributed by atoms with van der Waals surface area (Å²) < 4.78 is 5.10. The zero-order chi connectivity index (χ0) is 14.3. The molecule has 19 heavy (non-hydrogen) atoms. The highest BCUT2D eigenvalue weighted by Crippen LogP contribution is 2.07. The van der Waals surface area contributed by atoms with Crippen LogP contribution in [0.2, 0.25) is 0 Å². The first-order valence-electron chi connectivity index (χ1n) is 6.59. The lowest BCUT2D eigenvalue weighted by Crippen LogP contribution is -2.52. The molecule has 0 heterocycles. The normalized spacial score (nSPS) is 11.4. The lowest BCUT2D eigenvalue weighted by Gasteiger charge is -2.24. The Morgan fingerprint density at radius 2 is 2.00 bits per heavy atom. The van der Waals surface area contributed by atoms with Crippen LogP contribution in [-0.2, 0) is 22.7 Å². The fourth-order valence-electron chi connectivity index (χ4n) is 1.92. The van der Waals surface area contributed by atoms with Gasteiger partial charge in [0.05, 0.1) is 12.1 Å². The van der Waals surface area contributed by atoms with E-state index < -0.39 is 5.54 Å². The monoisotopic (exact) mass is 264 g/mol. The highest BCUT2D eigenvalue weighted by Gasteiger charge is 2.25. The largest absolute Gasteiger partial charge is 0.380 e. The molecule has 1 rings (SSSR count). The summed E-state index contributed by atoms with van der Waals surface area (Å²) in [5.74, 6) is 0.00601. The van der Waals surface area contributed by atoms with Gasteiger partial charge in [0, 0.05) is 13.7 Å². The maximum atomic E-state index is 12.0. The standard InChI is InChI=1S/C15H24N2O2/c1-5-17-15(2,3)14(18)16-10-12-7-6-8-13(9-12)11-19-4/h6-9,17H,5,10-11H2,1-4H3,(H,16,18). The molecule has 4 heteroatoms.